The fourth-order valence-electron chi connectivity index (χ4n) is 3.82. The lowest BCUT2D eigenvalue weighted by atomic mass is 9.97. The van der Waals surface area contributed by atoms with E-state index in [0.717, 1.165) is 27.8 Å². The van der Waals surface area contributed by atoms with Crippen LogP contribution < -0.4 is 5.32 Å². The Morgan fingerprint density at radius 3 is 2.16 bits per heavy atom. The van der Waals surface area contributed by atoms with Crippen molar-refractivity contribution in [3.63, 3.8) is 0 Å². The molecule has 0 bridgehead atoms. The first-order valence-corrected chi connectivity index (χ1v) is 11.0. The molecule has 0 saturated heterocycles. The number of nitrogens with one attached hydrogen (secondary N) is 1. The molecule has 6 heteroatoms. The molecule has 1 aliphatic rings. The fraction of sp³-hybridized carbons (Fsp3) is 0.154. The van der Waals surface area contributed by atoms with E-state index in [0.29, 0.717) is 21.3 Å². The Hall–Kier alpha value is -3.08. The summed E-state index contributed by atoms with van der Waals surface area (Å²) in [5, 5.41) is 4.35. The SMILES string of the molecule is Cc1ccc(C2=C(Nc3cc(Cl)ccc3C)C(=O)N(Cc3ccc(Cl)cc3)C2=O)c(C)c1. The maximum absolute atomic E-state index is 13.5. The van der Waals surface area contributed by atoms with Gasteiger partial charge in [-0.25, -0.2) is 0 Å². The Balaban J connectivity index is 1.80. The number of rotatable bonds is 5. The van der Waals surface area contributed by atoms with Crippen LogP contribution in [0, 0.1) is 20.8 Å². The number of benzene rings is 3. The van der Waals surface area contributed by atoms with Crippen LogP contribution in [0.1, 0.15) is 27.8 Å². The number of nitrogens with zero attached hydrogens (tertiary/aromatic N) is 1. The Morgan fingerprint density at radius 1 is 0.781 bits per heavy atom. The number of hydrogen-bond donors (Lipinski definition) is 1. The summed E-state index contributed by atoms with van der Waals surface area (Å²) in [4.78, 5) is 28.3. The van der Waals surface area contributed by atoms with Gasteiger partial charge in [-0.3, -0.25) is 14.5 Å². The smallest absolute Gasteiger partial charge is 0.278 e. The van der Waals surface area contributed by atoms with Crippen LogP contribution in [0.3, 0.4) is 0 Å². The molecule has 1 heterocycles. The van der Waals surface area contributed by atoms with Crippen molar-refractivity contribution in [2.45, 2.75) is 27.3 Å². The van der Waals surface area contributed by atoms with Crippen molar-refractivity contribution in [1.29, 1.82) is 0 Å². The van der Waals surface area contributed by atoms with Crippen molar-refractivity contribution in [3.8, 4) is 0 Å². The summed E-state index contributed by atoms with van der Waals surface area (Å²) in [6.07, 6.45) is 0. The lowest BCUT2D eigenvalue weighted by Gasteiger charge is -2.16. The minimum atomic E-state index is -0.376. The van der Waals surface area contributed by atoms with E-state index in [2.05, 4.69) is 5.32 Å². The second-order valence-corrected chi connectivity index (χ2v) is 8.85. The monoisotopic (exact) mass is 464 g/mol. The van der Waals surface area contributed by atoms with Gasteiger partial charge in [0.15, 0.2) is 0 Å². The highest BCUT2D eigenvalue weighted by molar-refractivity contribution is 6.37. The Bertz CT molecular complexity index is 1260. The predicted octanol–water partition coefficient (Wildman–Crippen LogP) is 6.31. The lowest BCUT2D eigenvalue weighted by Crippen LogP contribution is -2.32. The van der Waals surface area contributed by atoms with Crippen LogP contribution in [0.15, 0.2) is 66.4 Å². The van der Waals surface area contributed by atoms with Gasteiger partial charge in [0.05, 0.1) is 12.1 Å². The molecule has 0 aromatic heterocycles. The second kappa shape index (κ2) is 8.81. The van der Waals surface area contributed by atoms with Gasteiger partial charge >= 0.3 is 0 Å². The Kier molecular flexibility index (Phi) is 6.09. The first kappa shape index (κ1) is 22.1. The number of hydrogen-bond acceptors (Lipinski definition) is 3. The van der Waals surface area contributed by atoms with Crippen LogP contribution in [-0.4, -0.2) is 16.7 Å². The molecule has 0 saturated carbocycles. The summed E-state index contributed by atoms with van der Waals surface area (Å²) in [5.41, 5.74) is 5.77. The molecule has 3 aromatic rings. The molecule has 162 valence electrons. The zero-order valence-electron chi connectivity index (χ0n) is 18.0. The molecule has 0 unspecified atom stereocenters. The van der Waals surface area contributed by atoms with Gasteiger partial charge < -0.3 is 5.32 Å². The van der Waals surface area contributed by atoms with Crippen molar-refractivity contribution >= 4 is 46.3 Å². The minimum absolute atomic E-state index is 0.156. The predicted molar refractivity (Wildman–Crippen MR) is 130 cm³/mol. The number of carbonyl (C=O) groups excluding carboxylic acids is 2. The number of anilines is 1. The van der Waals surface area contributed by atoms with Crippen molar-refractivity contribution in [3.05, 3.63) is 104 Å². The van der Waals surface area contributed by atoms with E-state index in [4.69, 9.17) is 23.2 Å². The van der Waals surface area contributed by atoms with E-state index in [1.807, 2.05) is 57.2 Å². The molecule has 0 fully saturated rings. The normalized spacial score (nSPS) is 13.8. The first-order valence-electron chi connectivity index (χ1n) is 10.2. The molecule has 2 amide bonds. The third-order valence-electron chi connectivity index (χ3n) is 5.53. The van der Waals surface area contributed by atoms with Crippen LogP contribution in [0.25, 0.3) is 5.57 Å². The Morgan fingerprint density at radius 2 is 1.47 bits per heavy atom. The van der Waals surface area contributed by atoms with Gasteiger partial charge in [0, 0.05) is 15.7 Å². The van der Waals surface area contributed by atoms with E-state index in [1.165, 1.54) is 4.90 Å². The van der Waals surface area contributed by atoms with Crippen LogP contribution >= 0.6 is 23.2 Å². The highest BCUT2D eigenvalue weighted by Gasteiger charge is 2.39. The molecule has 32 heavy (non-hydrogen) atoms. The fourth-order valence-corrected chi connectivity index (χ4v) is 4.11. The molecule has 1 N–H and O–H groups in total. The number of aryl methyl sites for hydroxylation is 3. The van der Waals surface area contributed by atoms with Crippen LogP contribution in [0.2, 0.25) is 10.0 Å². The average Bonchev–Trinajstić information content (AvgIpc) is 2.97. The number of amides is 2. The van der Waals surface area contributed by atoms with Gasteiger partial charge in [-0.05, 0) is 67.3 Å². The van der Waals surface area contributed by atoms with Crippen LogP contribution in [0.4, 0.5) is 5.69 Å². The van der Waals surface area contributed by atoms with Crippen molar-refractivity contribution in [2.24, 2.45) is 0 Å². The second-order valence-electron chi connectivity index (χ2n) is 7.98. The third-order valence-corrected chi connectivity index (χ3v) is 6.02. The Labute approximate surface area is 197 Å². The average molecular weight is 465 g/mol. The largest absolute Gasteiger partial charge is 0.350 e. The van der Waals surface area contributed by atoms with Gasteiger partial charge in [-0.15, -0.1) is 0 Å². The number of halogens is 2. The van der Waals surface area contributed by atoms with Crippen LogP contribution in [-0.2, 0) is 16.1 Å². The summed E-state index contributed by atoms with van der Waals surface area (Å²) in [7, 11) is 0. The van der Waals surface area contributed by atoms with Crippen molar-refractivity contribution in [1.82, 2.24) is 4.90 Å². The first-order chi connectivity index (χ1) is 15.2. The minimum Gasteiger partial charge on any atom is -0.350 e. The van der Waals surface area contributed by atoms with E-state index in [9.17, 15) is 9.59 Å². The van der Waals surface area contributed by atoms with Crippen LogP contribution in [0.5, 0.6) is 0 Å². The molecule has 0 atom stereocenters. The van der Waals surface area contributed by atoms with Gasteiger partial charge in [0.1, 0.15) is 5.70 Å². The summed E-state index contributed by atoms with van der Waals surface area (Å²) in [6.45, 7) is 6.01. The summed E-state index contributed by atoms with van der Waals surface area (Å²) in [5.74, 6) is -0.710. The zero-order valence-corrected chi connectivity index (χ0v) is 19.5. The van der Waals surface area contributed by atoms with Crippen molar-refractivity contribution < 1.29 is 9.59 Å². The maximum Gasteiger partial charge on any atom is 0.278 e. The van der Waals surface area contributed by atoms with Gasteiger partial charge in [0.25, 0.3) is 11.8 Å². The van der Waals surface area contributed by atoms with E-state index >= 15 is 0 Å². The molecule has 4 rings (SSSR count). The summed E-state index contributed by atoms with van der Waals surface area (Å²) >= 11 is 12.2. The lowest BCUT2D eigenvalue weighted by molar-refractivity contribution is -0.137. The van der Waals surface area contributed by atoms with Gasteiger partial charge in [-0.2, -0.15) is 0 Å². The highest BCUT2D eigenvalue weighted by Crippen LogP contribution is 2.34. The molecular weight excluding hydrogens is 443 g/mol. The molecule has 0 spiro atoms. The zero-order chi connectivity index (χ0) is 23.0. The van der Waals surface area contributed by atoms with Crippen molar-refractivity contribution in [2.75, 3.05) is 5.32 Å². The third kappa shape index (κ3) is 4.29. The summed E-state index contributed by atoms with van der Waals surface area (Å²) < 4.78 is 0. The molecule has 0 aliphatic carbocycles. The topological polar surface area (TPSA) is 49.4 Å². The van der Waals surface area contributed by atoms with E-state index < -0.39 is 0 Å². The number of carbonyl (C=O) groups is 2. The number of imide groups is 1. The molecule has 3 aromatic carbocycles. The van der Waals surface area contributed by atoms with E-state index in [1.54, 1.807) is 24.3 Å². The quantitative estimate of drug-likeness (QED) is 0.449. The van der Waals surface area contributed by atoms with Gasteiger partial charge in [-0.1, -0.05) is 65.2 Å². The van der Waals surface area contributed by atoms with E-state index in [-0.39, 0.29) is 24.1 Å². The molecule has 1 aliphatic heterocycles. The molecular formula is C26H22Cl2N2O2. The molecule has 4 nitrogen and oxygen atoms in total. The molecule has 0 radical (unpaired) electrons. The van der Waals surface area contributed by atoms with Gasteiger partial charge in [0.2, 0.25) is 0 Å². The summed E-state index contributed by atoms with van der Waals surface area (Å²) in [6, 6.07) is 18.4. The highest BCUT2D eigenvalue weighted by atomic mass is 35.5. The standard InChI is InChI=1S/C26H22Cl2N2O2/c1-15-4-11-21(17(3)12-15)23-24(29-22-13-20(28)8-5-16(22)2)26(32)30(25(23)31)14-18-6-9-19(27)10-7-18/h4-13,29H,14H2,1-3H3. The maximum atomic E-state index is 13.5.